The van der Waals surface area contributed by atoms with E-state index < -0.39 is 5.97 Å². The van der Waals surface area contributed by atoms with Gasteiger partial charge >= 0.3 is 5.97 Å². The van der Waals surface area contributed by atoms with E-state index in [4.69, 9.17) is 5.11 Å². The summed E-state index contributed by atoms with van der Waals surface area (Å²) in [4.78, 5) is 26.4. The van der Waals surface area contributed by atoms with Gasteiger partial charge in [-0.25, -0.2) is 0 Å². The van der Waals surface area contributed by atoms with E-state index in [0.29, 0.717) is 18.7 Å². The van der Waals surface area contributed by atoms with Crippen LogP contribution in [0.1, 0.15) is 29.6 Å². The summed E-state index contributed by atoms with van der Waals surface area (Å²) >= 11 is 1.56. The summed E-state index contributed by atoms with van der Waals surface area (Å²) in [6.07, 6.45) is 3.44. The average molecular weight is 333 g/mol. The van der Waals surface area contributed by atoms with Crippen LogP contribution in [0.5, 0.6) is 0 Å². The normalized spacial score (nSPS) is 15.8. The Hall–Kier alpha value is -2.15. The molecule has 7 heteroatoms. The molecule has 1 aliphatic heterocycles. The molecule has 0 radical (unpaired) electrons. The first-order valence-electron chi connectivity index (χ1n) is 7.63. The van der Waals surface area contributed by atoms with Gasteiger partial charge in [-0.2, -0.15) is 5.10 Å². The minimum absolute atomic E-state index is 0.0183. The summed E-state index contributed by atoms with van der Waals surface area (Å²) in [5.74, 6) is -0.612. The van der Waals surface area contributed by atoms with Crippen LogP contribution in [0.2, 0.25) is 0 Å². The number of amides is 1. The summed E-state index contributed by atoms with van der Waals surface area (Å²) in [5, 5.41) is 15.3. The Morgan fingerprint density at radius 2 is 2.13 bits per heavy atom. The lowest BCUT2D eigenvalue weighted by Crippen LogP contribution is -2.39. The molecule has 3 rings (SSSR count). The second kappa shape index (κ2) is 6.54. The molecule has 0 atom stereocenters. The SMILES string of the molecule is Cn1cc(C(=O)N2CCC(CC(=O)O)CC2)c(-c2cccs2)n1. The van der Waals surface area contributed by atoms with Crippen LogP contribution in [0.15, 0.2) is 23.7 Å². The van der Waals surface area contributed by atoms with Crippen LogP contribution in [-0.2, 0) is 11.8 Å². The fourth-order valence-electron chi connectivity index (χ4n) is 3.00. The van der Waals surface area contributed by atoms with Crippen molar-refractivity contribution in [3.63, 3.8) is 0 Å². The third kappa shape index (κ3) is 3.44. The molecule has 122 valence electrons. The predicted molar refractivity (Wildman–Crippen MR) is 87.4 cm³/mol. The Bertz CT molecular complexity index is 700. The number of carboxylic acids is 1. The maximum Gasteiger partial charge on any atom is 0.303 e. The molecule has 0 unspecified atom stereocenters. The van der Waals surface area contributed by atoms with Gasteiger partial charge in [0.25, 0.3) is 5.91 Å². The minimum Gasteiger partial charge on any atom is -0.481 e. The first-order chi connectivity index (χ1) is 11.0. The van der Waals surface area contributed by atoms with Gasteiger partial charge in [0.2, 0.25) is 0 Å². The summed E-state index contributed by atoms with van der Waals surface area (Å²) in [6, 6.07) is 3.91. The third-order valence-electron chi connectivity index (χ3n) is 4.18. The minimum atomic E-state index is -0.762. The van der Waals surface area contributed by atoms with E-state index in [2.05, 4.69) is 5.10 Å². The molecule has 2 aromatic rings. The zero-order valence-corrected chi connectivity index (χ0v) is 13.8. The molecule has 1 aliphatic rings. The van der Waals surface area contributed by atoms with Crippen molar-refractivity contribution in [2.24, 2.45) is 13.0 Å². The Kier molecular flexibility index (Phi) is 4.47. The molecule has 1 N–H and O–H groups in total. The molecule has 0 saturated carbocycles. The zero-order chi connectivity index (χ0) is 16.4. The standard InChI is InChI=1S/C16H19N3O3S/c1-18-10-12(15(17-18)13-3-2-8-23-13)16(22)19-6-4-11(5-7-19)9-14(20)21/h2-3,8,10-11H,4-7,9H2,1H3,(H,20,21). The summed E-state index contributed by atoms with van der Waals surface area (Å²) in [5.41, 5.74) is 1.34. The number of thiophene rings is 1. The van der Waals surface area contributed by atoms with Crippen molar-refractivity contribution < 1.29 is 14.7 Å². The number of piperidine rings is 1. The largest absolute Gasteiger partial charge is 0.481 e. The second-order valence-electron chi connectivity index (χ2n) is 5.88. The second-order valence-corrected chi connectivity index (χ2v) is 6.82. The third-order valence-corrected chi connectivity index (χ3v) is 5.06. The van der Waals surface area contributed by atoms with Crippen molar-refractivity contribution in [1.29, 1.82) is 0 Å². The number of rotatable bonds is 4. The van der Waals surface area contributed by atoms with E-state index in [1.54, 1.807) is 22.2 Å². The first-order valence-corrected chi connectivity index (χ1v) is 8.51. The van der Waals surface area contributed by atoms with Crippen LogP contribution in [0.25, 0.3) is 10.6 Å². The number of aliphatic carboxylic acids is 1. The summed E-state index contributed by atoms with van der Waals surface area (Å²) in [7, 11) is 1.81. The van der Waals surface area contributed by atoms with Crippen LogP contribution in [-0.4, -0.2) is 44.8 Å². The Balaban J connectivity index is 1.74. The van der Waals surface area contributed by atoms with Crippen LogP contribution in [0, 0.1) is 5.92 Å². The molecular weight excluding hydrogens is 314 g/mol. The molecular formula is C16H19N3O3S. The molecule has 1 saturated heterocycles. The lowest BCUT2D eigenvalue weighted by atomic mass is 9.93. The van der Waals surface area contributed by atoms with Crippen LogP contribution < -0.4 is 0 Å². The van der Waals surface area contributed by atoms with Gasteiger partial charge < -0.3 is 10.0 Å². The van der Waals surface area contributed by atoms with Gasteiger partial charge in [0.05, 0.1) is 10.4 Å². The van der Waals surface area contributed by atoms with Gasteiger partial charge in [-0.1, -0.05) is 6.07 Å². The molecule has 1 fully saturated rings. The molecule has 0 aromatic carbocycles. The van der Waals surface area contributed by atoms with Gasteiger partial charge in [0.1, 0.15) is 5.69 Å². The van der Waals surface area contributed by atoms with Crippen molar-refractivity contribution in [3.8, 4) is 10.6 Å². The number of likely N-dealkylation sites (tertiary alicyclic amines) is 1. The van der Waals surface area contributed by atoms with Gasteiger partial charge in [-0.05, 0) is 30.2 Å². The molecule has 0 bridgehead atoms. The fraction of sp³-hybridized carbons (Fsp3) is 0.438. The quantitative estimate of drug-likeness (QED) is 0.932. The zero-order valence-electron chi connectivity index (χ0n) is 12.9. The van der Waals surface area contributed by atoms with E-state index in [9.17, 15) is 9.59 Å². The summed E-state index contributed by atoms with van der Waals surface area (Å²) in [6.45, 7) is 1.21. The number of carbonyl (C=O) groups is 2. The van der Waals surface area contributed by atoms with Gasteiger partial charge in [0.15, 0.2) is 0 Å². The van der Waals surface area contributed by atoms with E-state index in [1.807, 2.05) is 29.5 Å². The molecule has 0 aliphatic carbocycles. The lowest BCUT2D eigenvalue weighted by Gasteiger charge is -2.31. The molecule has 6 nitrogen and oxygen atoms in total. The highest BCUT2D eigenvalue weighted by molar-refractivity contribution is 7.13. The highest BCUT2D eigenvalue weighted by atomic mass is 32.1. The number of aromatic nitrogens is 2. The van der Waals surface area contributed by atoms with Gasteiger partial charge in [0, 0.05) is 32.8 Å². The lowest BCUT2D eigenvalue weighted by molar-refractivity contribution is -0.138. The van der Waals surface area contributed by atoms with Crippen molar-refractivity contribution in [3.05, 3.63) is 29.3 Å². The molecule has 1 amide bonds. The number of carboxylic acid groups (broad SMARTS) is 1. The summed E-state index contributed by atoms with van der Waals surface area (Å²) < 4.78 is 1.67. The predicted octanol–water partition coefficient (Wildman–Crippen LogP) is 2.48. The monoisotopic (exact) mass is 333 g/mol. The van der Waals surface area contributed by atoms with Crippen LogP contribution in [0.4, 0.5) is 0 Å². The number of aryl methyl sites for hydroxylation is 1. The maximum absolute atomic E-state index is 12.8. The molecule has 2 aromatic heterocycles. The van der Waals surface area contributed by atoms with Gasteiger partial charge in [-0.3, -0.25) is 14.3 Å². The number of hydrogen-bond donors (Lipinski definition) is 1. The van der Waals surface area contributed by atoms with Crippen LogP contribution in [0.3, 0.4) is 0 Å². The Morgan fingerprint density at radius 1 is 1.39 bits per heavy atom. The van der Waals surface area contributed by atoms with Gasteiger partial charge in [-0.15, -0.1) is 11.3 Å². The Labute approximate surface area is 138 Å². The van der Waals surface area contributed by atoms with Crippen molar-refractivity contribution in [1.82, 2.24) is 14.7 Å². The smallest absolute Gasteiger partial charge is 0.303 e. The van der Waals surface area contributed by atoms with E-state index in [0.717, 1.165) is 23.4 Å². The number of nitrogens with zero attached hydrogens (tertiary/aromatic N) is 3. The van der Waals surface area contributed by atoms with Crippen molar-refractivity contribution in [2.75, 3.05) is 13.1 Å². The highest BCUT2D eigenvalue weighted by Gasteiger charge is 2.27. The number of hydrogen-bond acceptors (Lipinski definition) is 4. The molecule has 0 spiro atoms. The first kappa shape index (κ1) is 15.7. The van der Waals surface area contributed by atoms with E-state index in [-0.39, 0.29) is 18.2 Å². The van der Waals surface area contributed by atoms with Crippen LogP contribution >= 0.6 is 11.3 Å². The maximum atomic E-state index is 12.8. The number of carbonyl (C=O) groups excluding carboxylic acids is 1. The van der Waals surface area contributed by atoms with Crippen molar-refractivity contribution in [2.45, 2.75) is 19.3 Å². The topological polar surface area (TPSA) is 75.4 Å². The highest BCUT2D eigenvalue weighted by Crippen LogP contribution is 2.29. The van der Waals surface area contributed by atoms with E-state index in [1.165, 1.54) is 0 Å². The molecule has 23 heavy (non-hydrogen) atoms. The Morgan fingerprint density at radius 3 is 2.74 bits per heavy atom. The van der Waals surface area contributed by atoms with Crippen molar-refractivity contribution >= 4 is 23.2 Å². The molecule has 3 heterocycles. The van der Waals surface area contributed by atoms with E-state index >= 15 is 0 Å². The average Bonchev–Trinajstić information content (AvgIpc) is 3.15. The fourth-order valence-corrected chi connectivity index (χ4v) is 3.72.